The van der Waals surface area contributed by atoms with Gasteiger partial charge in [-0.2, -0.15) is 4.31 Å². The zero-order valence-corrected chi connectivity index (χ0v) is 16.6. The zero-order chi connectivity index (χ0) is 19.3. The van der Waals surface area contributed by atoms with Gasteiger partial charge in [0, 0.05) is 20.1 Å². The van der Waals surface area contributed by atoms with E-state index in [1.165, 1.54) is 4.31 Å². The number of hydrogen-bond donors (Lipinski definition) is 0. The number of hydrogen-bond acceptors (Lipinski definition) is 3. The van der Waals surface area contributed by atoms with Gasteiger partial charge in [-0.25, -0.2) is 8.42 Å². The summed E-state index contributed by atoms with van der Waals surface area (Å²) >= 11 is 0. The summed E-state index contributed by atoms with van der Waals surface area (Å²) in [6, 6.07) is 15.6. The summed E-state index contributed by atoms with van der Waals surface area (Å²) in [7, 11) is -1.81. The first-order chi connectivity index (χ1) is 12.1. The number of likely N-dealkylation sites (N-methyl/N-ethyl adjacent to an activating group) is 1. The van der Waals surface area contributed by atoms with Gasteiger partial charge in [0.1, 0.15) is 0 Å². The number of sulfonamides is 1. The quantitative estimate of drug-likeness (QED) is 0.749. The van der Waals surface area contributed by atoms with Crippen molar-refractivity contribution < 1.29 is 13.2 Å². The lowest BCUT2D eigenvalue weighted by Gasteiger charge is -2.24. The highest BCUT2D eigenvalue weighted by atomic mass is 32.2. The summed E-state index contributed by atoms with van der Waals surface area (Å²) in [5.74, 6) is -0.233. The lowest BCUT2D eigenvalue weighted by molar-refractivity contribution is -0.130. The van der Waals surface area contributed by atoms with Crippen molar-refractivity contribution in [1.82, 2.24) is 9.21 Å². The fourth-order valence-corrected chi connectivity index (χ4v) is 3.24. The molecule has 0 aromatic heterocycles. The molecule has 0 bridgehead atoms. The number of nitrogens with zero attached hydrogens (tertiary/aromatic N) is 2. The molecule has 0 aliphatic rings. The first-order valence-corrected chi connectivity index (χ1v) is 10.3. The van der Waals surface area contributed by atoms with Crippen LogP contribution in [-0.4, -0.2) is 43.4 Å². The predicted molar refractivity (Wildman–Crippen MR) is 104 cm³/mol. The van der Waals surface area contributed by atoms with Crippen molar-refractivity contribution in [3.05, 3.63) is 70.8 Å². The minimum Gasteiger partial charge on any atom is -0.340 e. The van der Waals surface area contributed by atoms with Crippen LogP contribution in [0.4, 0.5) is 0 Å². The maximum Gasteiger partial charge on any atom is 0.237 e. The van der Waals surface area contributed by atoms with E-state index in [4.69, 9.17) is 0 Å². The molecule has 0 heterocycles. The van der Waals surface area contributed by atoms with Gasteiger partial charge in [-0.15, -0.1) is 0 Å². The smallest absolute Gasteiger partial charge is 0.237 e. The molecule has 2 aromatic carbocycles. The van der Waals surface area contributed by atoms with E-state index in [0.717, 1.165) is 28.5 Å². The molecule has 0 saturated carbocycles. The maximum absolute atomic E-state index is 12.5. The Kier molecular flexibility index (Phi) is 6.56. The van der Waals surface area contributed by atoms with Crippen molar-refractivity contribution in [2.75, 3.05) is 19.8 Å². The third kappa shape index (κ3) is 5.97. The van der Waals surface area contributed by atoms with Crippen LogP contribution in [-0.2, 0) is 27.9 Å². The lowest BCUT2D eigenvalue weighted by atomic mass is 10.1. The average Bonchev–Trinajstić information content (AvgIpc) is 2.57. The second-order valence-corrected chi connectivity index (χ2v) is 8.73. The van der Waals surface area contributed by atoms with Crippen molar-refractivity contribution in [3.63, 3.8) is 0 Å². The van der Waals surface area contributed by atoms with Gasteiger partial charge in [0.05, 0.1) is 12.8 Å². The van der Waals surface area contributed by atoms with Crippen LogP contribution in [0, 0.1) is 13.8 Å². The van der Waals surface area contributed by atoms with Crippen LogP contribution in [0.25, 0.3) is 0 Å². The topological polar surface area (TPSA) is 57.7 Å². The lowest BCUT2D eigenvalue weighted by Crippen LogP contribution is -2.40. The Hall–Kier alpha value is -2.18. The van der Waals surface area contributed by atoms with Crippen LogP contribution in [0.15, 0.2) is 48.5 Å². The number of aryl methyl sites for hydroxylation is 2. The first-order valence-electron chi connectivity index (χ1n) is 8.45. The van der Waals surface area contributed by atoms with Gasteiger partial charge in [0.2, 0.25) is 15.9 Å². The summed E-state index contributed by atoms with van der Waals surface area (Å²) in [4.78, 5) is 14.1. The molecule has 0 atom stereocenters. The van der Waals surface area contributed by atoms with E-state index in [2.05, 4.69) is 0 Å². The normalized spacial score (nSPS) is 11.6. The standard InChI is InChI=1S/C20H26N2O3S/c1-16-5-9-18(10-6-16)13-21(3)20(23)15-22(26(4,24)25)14-19-11-7-17(2)8-12-19/h5-12H,13-15H2,1-4H3. The van der Waals surface area contributed by atoms with Gasteiger partial charge < -0.3 is 4.90 Å². The van der Waals surface area contributed by atoms with Crippen LogP contribution in [0.3, 0.4) is 0 Å². The average molecular weight is 375 g/mol. The molecule has 0 spiro atoms. The summed E-state index contributed by atoms with van der Waals surface area (Å²) < 4.78 is 25.4. The molecule has 0 fully saturated rings. The molecule has 0 saturated heterocycles. The molecule has 140 valence electrons. The number of rotatable bonds is 7. The fraction of sp³-hybridized carbons (Fsp3) is 0.350. The second-order valence-electron chi connectivity index (χ2n) is 6.75. The predicted octanol–water partition coefficient (Wildman–Crippen LogP) is 2.72. The number of carbonyl (C=O) groups excluding carboxylic acids is 1. The second kappa shape index (κ2) is 8.47. The SMILES string of the molecule is Cc1ccc(CN(C)C(=O)CN(Cc2ccc(C)cc2)S(C)(=O)=O)cc1. The molecule has 2 rings (SSSR count). The summed E-state index contributed by atoms with van der Waals surface area (Å²) in [5, 5.41) is 0. The molecular weight excluding hydrogens is 348 g/mol. The van der Waals surface area contributed by atoms with Crippen molar-refractivity contribution in [2.45, 2.75) is 26.9 Å². The van der Waals surface area contributed by atoms with Gasteiger partial charge >= 0.3 is 0 Å². The molecular formula is C20H26N2O3S. The molecule has 0 aliphatic heterocycles. The molecule has 0 unspecified atom stereocenters. The Morgan fingerprint density at radius 3 is 1.69 bits per heavy atom. The van der Waals surface area contributed by atoms with Crippen molar-refractivity contribution in [2.24, 2.45) is 0 Å². The van der Waals surface area contributed by atoms with E-state index in [1.807, 2.05) is 62.4 Å². The Morgan fingerprint density at radius 2 is 1.27 bits per heavy atom. The summed E-state index contributed by atoms with van der Waals surface area (Å²) in [6.07, 6.45) is 1.13. The van der Waals surface area contributed by atoms with Gasteiger partial charge in [-0.1, -0.05) is 59.7 Å². The van der Waals surface area contributed by atoms with Gasteiger partial charge in [0.25, 0.3) is 0 Å². The van der Waals surface area contributed by atoms with Crippen molar-refractivity contribution >= 4 is 15.9 Å². The van der Waals surface area contributed by atoms with E-state index in [9.17, 15) is 13.2 Å². The Labute approximate surface area is 156 Å². The van der Waals surface area contributed by atoms with E-state index >= 15 is 0 Å². The zero-order valence-electron chi connectivity index (χ0n) is 15.8. The van der Waals surface area contributed by atoms with Gasteiger partial charge in [0.15, 0.2) is 0 Å². The van der Waals surface area contributed by atoms with Crippen LogP contribution in [0.5, 0.6) is 0 Å². The van der Waals surface area contributed by atoms with Crippen LogP contribution < -0.4 is 0 Å². The molecule has 2 aromatic rings. The Morgan fingerprint density at radius 1 is 0.846 bits per heavy atom. The largest absolute Gasteiger partial charge is 0.340 e. The van der Waals surface area contributed by atoms with Crippen LogP contribution in [0.2, 0.25) is 0 Å². The van der Waals surface area contributed by atoms with E-state index in [-0.39, 0.29) is 19.0 Å². The Bertz CT molecular complexity index is 844. The minimum atomic E-state index is -3.49. The van der Waals surface area contributed by atoms with E-state index in [1.54, 1.807) is 11.9 Å². The third-order valence-corrected chi connectivity index (χ3v) is 5.42. The maximum atomic E-state index is 12.5. The van der Waals surface area contributed by atoms with Crippen LogP contribution in [0.1, 0.15) is 22.3 Å². The number of carbonyl (C=O) groups is 1. The van der Waals surface area contributed by atoms with Gasteiger partial charge in [-0.3, -0.25) is 4.79 Å². The minimum absolute atomic E-state index is 0.172. The Balaban J connectivity index is 2.05. The highest BCUT2D eigenvalue weighted by molar-refractivity contribution is 7.88. The van der Waals surface area contributed by atoms with Crippen molar-refractivity contribution in [3.8, 4) is 0 Å². The molecule has 5 nitrogen and oxygen atoms in total. The van der Waals surface area contributed by atoms with E-state index < -0.39 is 10.0 Å². The summed E-state index contributed by atoms with van der Waals surface area (Å²) in [5.41, 5.74) is 4.13. The van der Waals surface area contributed by atoms with Crippen molar-refractivity contribution in [1.29, 1.82) is 0 Å². The van der Waals surface area contributed by atoms with E-state index in [0.29, 0.717) is 6.54 Å². The number of amides is 1. The molecule has 1 amide bonds. The monoisotopic (exact) mass is 374 g/mol. The highest BCUT2D eigenvalue weighted by Crippen LogP contribution is 2.11. The molecule has 0 N–H and O–H groups in total. The first kappa shape index (κ1) is 20.1. The fourth-order valence-electron chi connectivity index (χ4n) is 2.51. The number of benzene rings is 2. The van der Waals surface area contributed by atoms with Crippen LogP contribution >= 0.6 is 0 Å². The summed E-state index contributed by atoms with van der Waals surface area (Å²) in [6.45, 7) is 4.44. The highest BCUT2D eigenvalue weighted by Gasteiger charge is 2.22. The molecule has 0 radical (unpaired) electrons. The van der Waals surface area contributed by atoms with Gasteiger partial charge in [-0.05, 0) is 25.0 Å². The molecule has 6 heteroatoms. The molecule has 0 aliphatic carbocycles. The third-order valence-electron chi connectivity index (χ3n) is 4.23. The molecule has 26 heavy (non-hydrogen) atoms.